The topological polar surface area (TPSA) is 44.0 Å². The van der Waals surface area contributed by atoms with Crippen molar-refractivity contribution in [2.75, 3.05) is 13.2 Å². The van der Waals surface area contributed by atoms with E-state index in [9.17, 15) is 0 Å². The fourth-order valence-corrected chi connectivity index (χ4v) is 3.43. The van der Waals surface area contributed by atoms with E-state index in [-0.39, 0.29) is 6.10 Å². The maximum Gasteiger partial charge on any atom is 0.0901 e. The van der Waals surface area contributed by atoms with E-state index >= 15 is 0 Å². The second-order valence-corrected chi connectivity index (χ2v) is 6.29. The molecule has 5 heteroatoms. The van der Waals surface area contributed by atoms with Crippen LogP contribution in [0.2, 0.25) is 0 Å². The van der Waals surface area contributed by atoms with Gasteiger partial charge in [0.05, 0.1) is 11.8 Å². The SMILES string of the molecule is Cc1nn(C)c(C)c1[C@@H]1OCC[C@H]1CNCc1cccn1C. The first-order valence-corrected chi connectivity index (χ1v) is 8.00. The highest BCUT2D eigenvalue weighted by atomic mass is 16.5. The van der Waals surface area contributed by atoms with E-state index in [1.54, 1.807) is 0 Å². The Bertz CT molecular complexity index is 643. The molecule has 2 aromatic heterocycles. The first-order chi connectivity index (χ1) is 10.6. The van der Waals surface area contributed by atoms with Crippen LogP contribution in [0.25, 0.3) is 0 Å². The number of aromatic nitrogens is 3. The largest absolute Gasteiger partial charge is 0.373 e. The third kappa shape index (κ3) is 2.83. The van der Waals surface area contributed by atoms with Gasteiger partial charge >= 0.3 is 0 Å². The van der Waals surface area contributed by atoms with Gasteiger partial charge in [0, 0.05) is 62.9 Å². The van der Waals surface area contributed by atoms with Crippen LogP contribution in [0.4, 0.5) is 0 Å². The van der Waals surface area contributed by atoms with E-state index < -0.39 is 0 Å². The maximum atomic E-state index is 6.04. The molecule has 3 rings (SSSR count). The molecule has 5 nitrogen and oxygen atoms in total. The van der Waals surface area contributed by atoms with E-state index in [4.69, 9.17) is 4.74 Å². The van der Waals surface area contributed by atoms with Crippen LogP contribution in [-0.4, -0.2) is 27.5 Å². The molecular formula is C17H26N4O. The molecule has 120 valence electrons. The summed E-state index contributed by atoms with van der Waals surface area (Å²) < 4.78 is 10.2. The van der Waals surface area contributed by atoms with Gasteiger partial charge in [-0.2, -0.15) is 5.10 Å². The standard InChI is InChI=1S/C17H26N4O/c1-12-16(13(2)21(4)19-12)17-14(7-9-22-17)10-18-11-15-6-5-8-20(15)3/h5-6,8,14,17-18H,7,9-11H2,1-4H3/t14-,17+/m0/s1. The van der Waals surface area contributed by atoms with Gasteiger partial charge in [-0.15, -0.1) is 0 Å². The molecule has 1 aliphatic rings. The number of aryl methyl sites for hydroxylation is 3. The zero-order valence-electron chi connectivity index (χ0n) is 14.0. The molecule has 22 heavy (non-hydrogen) atoms. The fraction of sp³-hybridized carbons (Fsp3) is 0.588. The normalized spacial score (nSPS) is 21.6. The molecular weight excluding hydrogens is 276 g/mol. The van der Waals surface area contributed by atoms with Crippen LogP contribution in [0, 0.1) is 19.8 Å². The summed E-state index contributed by atoms with van der Waals surface area (Å²) in [5.74, 6) is 0.516. The molecule has 0 bridgehead atoms. The monoisotopic (exact) mass is 302 g/mol. The van der Waals surface area contributed by atoms with Crippen molar-refractivity contribution in [1.82, 2.24) is 19.7 Å². The number of nitrogens with one attached hydrogen (secondary N) is 1. The molecule has 0 aromatic carbocycles. The van der Waals surface area contributed by atoms with E-state index in [1.165, 1.54) is 17.0 Å². The van der Waals surface area contributed by atoms with E-state index in [2.05, 4.69) is 54.2 Å². The van der Waals surface area contributed by atoms with Crippen molar-refractivity contribution in [1.29, 1.82) is 0 Å². The summed E-state index contributed by atoms with van der Waals surface area (Å²) >= 11 is 0. The Morgan fingerprint density at radius 1 is 1.36 bits per heavy atom. The Kier molecular flexibility index (Phi) is 4.36. The zero-order valence-corrected chi connectivity index (χ0v) is 14.0. The van der Waals surface area contributed by atoms with Crippen LogP contribution < -0.4 is 5.32 Å². The lowest BCUT2D eigenvalue weighted by molar-refractivity contribution is 0.0893. The zero-order chi connectivity index (χ0) is 15.7. The summed E-state index contributed by atoms with van der Waals surface area (Å²) in [6.45, 7) is 6.93. The summed E-state index contributed by atoms with van der Waals surface area (Å²) in [5.41, 5.74) is 4.91. The molecule has 0 unspecified atom stereocenters. The summed E-state index contributed by atoms with van der Waals surface area (Å²) in [6, 6.07) is 4.24. The van der Waals surface area contributed by atoms with Gasteiger partial charge in [0.1, 0.15) is 0 Å². The predicted octanol–water partition coefficient (Wildman–Crippen LogP) is 2.24. The van der Waals surface area contributed by atoms with Gasteiger partial charge in [-0.1, -0.05) is 0 Å². The van der Waals surface area contributed by atoms with Gasteiger partial charge in [-0.05, 0) is 32.4 Å². The third-order valence-electron chi connectivity index (χ3n) is 4.83. The van der Waals surface area contributed by atoms with Crippen LogP contribution in [-0.2, 0) is 25.4 Å². The molecule has 1 saturated heterocycles. The lowest BCUT2D eigenvalue weighted by Crippen LogP contribution is -2.25. The highest BCUT2D eigenvalue weighted by Gasteiger charge is 2.33. The van der Waals surface area contributed by atoms with Crippen LogP contribution >= 0.6 is 0 Å². The van der Waals surface area contributed by atoms with Crippen LogP contribution in [0.1, 0.15) is 35.2 Å². The van der Waals surface area contributed by atoms with Crippen molar-refractivity contribution in [3.63, 3.8) is 0 Å². The number of ether oxygens (including phenoxy) is 1. The molecule has 0 saturated carbocycles. The minimum absolute atomic E-state index is 0.176. The van der Waals surface area contributed by atoms with Gasteiger partial charge in [0.25, 0.3) is 0 Å². The number of rotatable bonds is 5. The minimum atomic E-state index is 0.176. The van der Waals surface area contributed by atoms with Gasteiger partial charge in [-0.3, -0.25) is 4.68 Å². The van der Waals surface area contributed by atoms with Crippen LogP contribution in [0.5, 0.6) is 0 Å². The molecule has 3 heterocycles. The average Bonchev–Trinajstić information content (AvgIpc) is 3.14. The molecule has 2 atom stereocenters. The molecule has 0 radical (unpaired) electrons. The molecule has 0 aliphatic carbocycles. The first-order valence-electron chi connectivity index (χ1n) is 8.00. The van der Waals surface area contributed by atoms with Crippen molar-refractivity contribution < 1.29 is 4.74 Å². The predicted molar refractivity (Wildman–Crippen MR) is 86.6 cm³/mol. The Balaban J connectivity index is 1.65. The van der Waals surface area contributed by atoms with Crippen molar-refractivity contribution >= 4 is 0 Å². The lowest BCUT2D eigenvalue weighted by atomic mass is 9.94. The minimum Gasteiger partial charge on any atom is -0.373 e. The molecule has 1 fully saturated rings. The Morgan fingerprint density at radius 3 is 2.82 bits per heavy atom. The highest BCUT2D eigenvalue weighted by Crippen LogP contribution is 2.37. The molecule has 1 N–H and O–H groups in total. The Hall–Kier alpha value is -1.59. The summed E-state index contributed by atoms with van der Waals surface area (Å²) in [6.07, 6.45) is 3.37. The Morgan fingerprint density at radius 2 is 2.18 bits per heavy atom. The Labute approximate surface area is 132 Å². The third-order valence-corrected chi connectivity index (χ3v) is 4.83. The van der Waals surface area contributed by atoms with E-state index in [1.807, 2.05) is 11.7 Å². The van der Waals surface area contributed by atoms with Crippen molar-refractivity contribution in [2.24, 2.45) is 20.0 Å². The van der Waals surface area contributed by atoms with Crippen molar-refractivity contribution in [2.45, 2.75) is 32.9 Å². The molecule has 1 aliphatic heterocycles. The summed E-state index contributed by atoms with van der Waals surface area (Å²) in [4.78, 5) is 0. The molecule has 0 amide bonds. The maximum absolute atomic E-state index is 6.04. The quantitative estimate of drug-likeness (QED) is 0.921. The van der Waals surface area contributed by atoms with Crippen molar-refractivity contribution in [3.05, 3.63) is 41.0 Å². The molecule has 0 spiro atoms. The smallest absolute Gasteiger partial charge is 0.0901 e. The highest BCUT2D eigenvalue weighted by molar-refractivity contribution is 5.28. The first kappa shape index (κ1) is 15.3. The van der Waals surface area contributed by atoms with E-state index in [0.717, 1.165) is 31.8 Å². The number of nitrogens with zero attached hydrogens (tertiary/aromatic N) is 3. The van der Waals surface area contributed by atoms with Crippen LogP contribution in [0.3, 0.4) is 0 Å². The van der Waals surface area contributed by atoms with Crippen LogP contribution in [0.15, 0.2) is 18.3 Å². The van der Waals surface area contributed by atoms with Crippen molar-refractivity contribution in [3.8, 4) is 0 Å². The second kappa shape index (κ2) is 6.26. The number of hydrogen-bond acceptors (Lipinski definition) is 3. The van der Waals surface area contributed by atoms with Gasteiger partial charge < -0.3 is 14.6 Å². The average molecular weight is 302 g/mol. The summed E-state index contributed by atoms with van der Waals surface area (Å²) in [5, 5.41) is 8.12. The lowest BCUT2D eigenvalue weighted by Gasteiger charge is -2.20. The van der Waals surface area contributed by atoms with Gasteiger partial charge in [0.2, 0.25) is 0 Å². The van der Waals surface area contributed by atoms with Gasteiger partial charge in [0.15, 0.2) is 0 Å². The van der Waals surface area contributed by atoms with E-state index in [0.29, 0.717) is 5.92 Å². The summed E-state index contributed by atoms with van der Waals surface area (Å²) in [7, 11) is 4.09. The fourth-order valence-electron chi connectivity index (χ4n) is 3.43. The second-order valence-electron chi connectivity index (χ2n) is 6.29. The van der Waals surface area contributed by atoms with Gasteiger partial charge in [-0.25, -0.2) is 0 Å². The molecule has 2 aromatic rings. The number of hydrogen-bond donors (Lipinski definition) is 1.